The van der Waals surface area contributed by atoms with Gasteiger partial charge in [0.25, 0.3) is 0 Å². The molecule has 0 spiro atoms. The van der Waals surface area contributed by atoms with E-state index in [0.717, 1.165) is 5.92 Å². The van der Waals surface area contributed by atoms with E-state index in [9.17, 15) is 0 Å². The molecule has 0 bridgehead atoms. The summed E-state index contributed by atoms with van der Waals surface area (Å²) in [7, 11) is 0. The Labute approximate surface area is 66.5 Å². The molecule has 7 heavy (non-hydrogen) atoms. The van der Waals surface area contributed by atoms with Crippen molar-refractivity contribution in [2.45, 2.75) is 25.3 Å². The third-order valence-electron chi connectivity index (χ3n) is 1.19. The van der Waals surface area contributed by atoms with Crippen LogP contribution in [0.4, 0.5) is 0 Å². The van der Waals surface area contributed by atoms with Crippen LogP contribution in [0.2, 0.25) is 5.02 Å². The van der Waals surface area contributed by atoms with E-state index < -0.39 is 0 Å². The summed E-state index contributed by atoms with van der Waals surface area (Å²) in [6, 6.07) is 0. The van der Waals surface area contributed by atoms with Crippen molar-refractivity contribution in [2.24, 2.45) is 5.92 Å². The monoisotopic (exact) mass is 215 g/mol. The van der Waals surface area contributed by atoms with E-state index in [4.69, 9.17) is 0 Å². The maximum atomic E-state index is 2.31. The van der Waals surface area contributed by atoms with E-state index in [-0.39, 0.29) is 17.0 Å². The van der Waals surface area contributed by atoms with Gasteiger partial charge >= 0.3 is 49.5 Å². The van der Waals surface area contributed by atoms with Crippen molar-refractivity contribution in [3.05, 3.63) is 0 Å². The van der Waals surface area contributed by atoms with Gasteiger partial charge in [-0.05, 0) is 0 Å². The van der Waals surface area contributed by atoms with Gasteiger partial charge in [-0.2, -0.15) is 0 Å². The van der Waals surface area contributed by atoms with Crippen LogP contribution in [-0.2, 0) is 18.3 Å². The van der Waals surface area contributed by atoms with E-state index >= 15 is 0 Å². The third-order valence-corrected chi connectivity index (χ3v) is 3.26. The van der Waals surface area contributed by atoms with Crippen LogP contribution in [-0.4, -0.2) is 0 Å². The van der Waals surface area contributed by atoms with Gasteiger partial charge in [0.15, 0.2) is 0 Å². The zero-order valence-electron chi connectivity index (χ0n) is 5.11. The van der Waals surface area contributed by atoms with Crippen molar-refractivity contribution in [1.29, 1.82) is 0 Å². The predicted octanol–water partition coefficient (Wildman–Crippen LogP) is 2.58. The fourth-order valence-electron chi connectivity index (χ4n) is 0.204. The molecule has 1 atom stereocenters. The summed E-state index contributed by atoms with van der Waals surface area (Å²) < 4.78 is 0. The molecule has 0 aliphatic heterocycles. The first-order chi connectivity index (χ1) is 2.81. The van der Waals surface area contributed by atoms with Gasteiger partial charge < -0.3 is 0 Å². The van der Waals surface area contributed by atoms with Crippen molar-refractivity contribution >= 4 is 17.0 Å². The van der Waals surface area contributed by atoms with E-state index in [1.807, 2.05) is 0 Å². The van der Waals surface area contributed by atoms with Crippen molar-refractivity contribution in [1.82, 2.24) is 0 Å². The molecule has 0 aliphatic rings. The zero-order valence-corrected chi connectivity index (χ0v) is 9.79. The number of hydrogen-bond donors (Lipinski definition) is 0. The molecule has 0 saturated heterocycles. The summed E-state index contributed by atoms with van der Waals surface area (Å²) in [4.78, 5) is 0. The Kier molecular flexibility index (Phi) is 11.1. The topological polar surface area (TPSA) is 0 Å². The van der Waals surface area contributed by atoms with Crippen LogP contribution in [0.1, 0.15) is 20.3 Å². The minimum atomic E-state index is 0. The van der Waals surface area contributed by atoms with Crippen LogP contribution in [0.5, 0.6) is 0 Å². The van der Waals surface area contributed by atoms with Gasteiger partial charge in [-0.25, -0.2) is 0 Å². The fourth-order valence-corrected chi connectivity index (χ4v) is 1.06. The predicted molar refractivity (Wildman–Crippen MR) is 34.6 cm³/mol. The molecule has 0 fully saturated rings. The molecular weight excluding hydrogens is 205 g/mol. The first kappa shape index (κ1) is 11.0. The van der Waals surface area contributed by atoms with Crippen LogP contribution < -0.4 is 0 Å². The molecule has 0 saturated carbocycles. The Balaban J connectivity index is 0. The molecule has 0 aromatic rings. The van der Waals surface area contributed by atoms with Crippen LogP contribution in [0, 0.1) is 5.92 Å². The van der Waals surface area contributed by atoms with Crippen molar-refractivity contribution in [3.63, 3.8) is 0 Å². The van der Waals surface area contributed by atoms with Gasteiger partial charge in [-0.1, -0.05) is 0 Å². The quantitative estimate of drug-likeness (QED) is 0.624. The molecule has 0 aliphatic carbocycles. The summed E-state index contributed by atoms with van der Waals surface area (Å²) in [5.74, 6) is 0.991. The van der Waals surface area contributed by atoms with Crippen LogP contribution >= 0.6 is 17.0 Å². The standard InChI is InChI=1S/C5H11.BrH.Zn/c1-4-5(2)3;;/h5H,2,4H2,1,3H3;1H;. The molecule has 0 radical (unpaired) electrons. The van der Waals surface area contributed by atoms with Crippen LogP contribution in [0.15, 0.2) is 0 Å². The van der Waals surface area contributed by atoms with E-state index in [1.54, 1.807) is 0 Å². The minimum absolute atomic E-state index is 0. The Morgan fingerprint density at radius 1 is 1.57 bits per heavy atom. The number of hydrogen-bond acceptors (Lipinski definition) is 0. The summed E-state index contributed by atoms with van der Waals surface area (Å²) in [6.07, 6.45) is 1.36. The first-order valence-electron chi connectivity index (χ1n) is 2.60. The summed E-state index contributed by atoms with van der Waals surface area (Å²) >= 11 is 1.47. The van der Waals surface area contributed by atoms with Gasteiger partial charge in [-0.15, -0.1) is 17.0 Å². The van der Waals surface area contributed by atoms with Gasteiger partial charge in [-0.3, -0.25) is 0 Å². The number of rotatable bonds is 2. The van der Waals surface area contributed by atoms with Gasteiger partial charge in [0.2, 0.25) is 0 Å². The molecule has 0 aromatic heterocycles. The summed E-state index contributed by atoms with van der Waals surface area (Å²) in [6.45, 7) is 4.56. The van der Waals surface area contributed by atoms with E-state index in [1.165, 1.54) is 29.7 Å². The zero-order chi connectivity index (χ0) is 4.99. The first-order valence-corrected chi connectivity index (χ1v) is 4.70. The molecule has 0 heterocycles. The second-order valence-corrected chi connectivity index (χ2v) is 3.01. The molecule has 41 valence electrons. The Bertz CT molecular complexity index is 27.3. The third kappa shape index (κ3) is 7.10. The molecule has 0 nitrogen and oxygen atoms in total. The molecule has 1 unspecified atom stereocenters. The molecule has 2 heteroatoms. The SMILES string of the molecule is Br.CCC(C)[CH2][Zn]. The van der Waals surface area contributed by atoms with Crippen molar-refractivity contribution in [2.75, 3.05) is 0 Å². The summed E-state index contributed by atoms with van der Waals surface area (Å²) in [5, 5.41) is 1.45. The second-order valence-electron chi connectivity index (χ2n) is 1.80. The Morgan fingerprint density at radius 3 is 2.00 bits per heavy atom. The molecule has 0 N–H and O–H groups in total. The Hall–Kier alpha value is 1.10. The van der Waals surface area contributed by atoms with E-state index in [0.29, 0.717) is 0 Å². The average molecular weight is 217 g/mol. The summed E-state index contributed by atoms with van der Waals surface area (Å²) in [5.41, 5.74) is 0. The van der Waals surface area contributed by atoms with Crippen molar-refractivity contribution < 1.29 is 18.3 Å². The molecular formula is C5H12BrZn. The van der Waals surface area contributed by atoms with Gasteiger partial charge in [0.05, 0.1) is 0 Å². The fraction of sp³-hybridized carbons (Fsp3) is 1.00. The maximum absolute atomic E-state index is 2.31. The molecule has 0 rings (SSSR count). The molecule has 0 amide bonds. The van der Waals surface area contributed by atoms with Crippen molar-refractivity contribution in [3.8, 4) is 0 Å². The van der Waals surface area contributed by atoms with Gasteiger partial charge in [0, 0.05) is 0 Å². The second kappa shape index (κ2) is 7.10. The van der Waals surface area contributed by atoms with Crippen LogP contribution in [0.25, 0.3) is 0 Å². The molecule has 0 aromatic carbocycles. The van der Waals surface area contributed by atoms with Gasteiger partial charge in [0.1, 0.15) is 0 Å². The number of halogens is 1. The average Bonchev–Trinajstić information content (AvgIpc) is 1.65. The normalized spacial score (nSPS) is 12.6. The van der Waals surface area contributed by atoms with E-state index in [2.05, 4.69) is 13.8 Å². The van der Waals surface area contributed by atoms with Crippen LogP contribution in [0.3, 0.4) is 0 Å². The Morgan fingerprint density at radius 2 is 2.00 bits per heavy atom.